The number of ether oxygens (including phenoxy) is 1. The first-order valence-corrected chi connectivity index (χ1v) is 6.99. The van der Waals surface area contributed by atoms with Crippen LogP contribution in [-0.4, -0.2) is 36.1 Å². The first kappa shape index (κ1) is 12.0. The Morgan fingerprint density at radius 2 is 2.44 bits per heavy atom. The van der Waals surface area contributed by atoms with Crippen molar-refractivity contribution in [2.45, 2.75) is 32.8 Å². The number of thiazole rings is 1. The molecule has 0 spiro atoms. The molecular weight excluding hydrogens is 220 g/mol. The Bertz CT molecular complexity index is 325. The van der Waals surface area contributed by atoms with Crippen LogP contribution in [0.25, 0.3) is 0 Å². The molecule has 1 aliphatic rings. The predicted octanol–water partition coefficient (Wildman–Crippen LogP) is 2.49. The highest BCUT2D eigenvalue weighted by Crippen LogP contribution is 2.25. The summed E-state index contributed by atoms with van der Waals surface area (Å²) >= 11 is 1.74. The zero-order valence-electron chi connectivity index (χ0n) is 10.1. The van der Waals surface area contributed by atoms with E-state index in [4.69, 9.17) is 4.74 Å². The maximum atomic E-state index is 5.80. The second kappa shape index (κ2) is 5.75. The summed E-state index contributed by atoms with van der Waals surface area (Å²) in [6, 6.07) is 0. The minimum atomic E-state index is 0.200. The normalized spacial score (nSPS) is 22.5. The van der Waals surface area contributed by atoms with Gasteiger partial charge in [-0.3, -0.25) is 4.90 Å². The average molecular weight is 240 g/mol. The van der Waals surface area contributed by atoms with E-state index in [1.165, 1.54) is 18.7 Å². The second-order valence-electron chi connectivity index (χ2n) is 4.19. The lowest BCUT2D eigenvalue weighted by Gasteiger charge is -2.31. The molecule has 1 aliphatic heterocycles. The summed E-state index contributed by atoms with van der Waals surface area (Å²) in [4.78, 5) is 7.09. The topological polar surface area (TPSA) is 25.4 Å². The summed E-state index contributed by atoms with van der Waals surface area (Å²) in [6.07, 6.45) is 2.43. The number of aryl methyl sites for hydroxylation is 1. The van der Waals surface area contributed by atoms with Crippen LogP contribution in [0.2, 0.25) is 0 Å². The highest BCUT2D eigenvalue weighted by atomic mass is 32.1. The van der Waals surface area contributed by atoms with E-state index in [0.29, 0.717) is 0 Å². The maximum absolute atomic E-state index is 5.80. The Balaban J connectivity index is 1.98. The summed E-state index contributed by atoms with van der Waals surface area (Å²) < 4.78 is 5.80. The third kappa shape index (κ3) is 2.81. The van der Waals surface area contributed by atoms with Crippen LogP contribution in [0.3, 0.4) is 0 Å². The standard InChI is InChI=1S/C12H20N2OS/c1-3-5-14-6-7-15-11(8-14)12-13-10(4-2)9-16-12/h9,11H,3-8H2,1-2H3. The molecule has 0 N–H and O–H groups in total. The number of hydrogen-bond donors (Lipinski definition) is 0. The molecule has 0 saturated carbocycles. The van der Waals surface area contributed by atoms with E-state index in [-0.39, 0.29) is 6.10 Å². The molecule has 0 aromatic carbocycles. The molecule has 1 aromatic rings. The van der Waals surface area contributed by atoms with Crippen LogP contribution < -0.4 is 0 Å². The highest BCUT2D eigenvalue weighted by molar-refractivity contribution is 7.09. The fourth-order valence-corrected chi connectivity index (χ4v) is 2.94. The van der Waals surface area contributed by atoms with Gasteiger partial charge in [-0.15, -0.1) is 11.3 Å². The van der Waals surface area contributed by atoms with E-state index in [2.05, 4.69) is 29.1 Å². The summed E-state index contributed by atoms with van der Waals surface area (Å²) in [5.74, 6) is 0. The van der Waals surface area contributed by atoms with Crippen LogP contribution >= 0.6 is 11.3 Å². The summed E-state index contributed by atoms with van der Waals surface area (Å²) in [5, 5.41) is 3.30. The molecule has 1 aromatic heterocycles. The van der Waals surface area contributed by atoms with Crippen molar-refractivity contribution in [2.75, 3.05) is 26.2 Å². The molecule has 4 heteroatoms. The minimum Gasteiger partial charge on any atom is -0.368 e. The van der Waals surface area contributed by atoms with Gasteiger partial charge in [0.25, 0.3) is 0 Å². The van der Waals surface area contributed by atoms with Gasteiger partial charge in [0.2, 0.25) is 0 Å². The zero-order valence-corrected chi connectivity index (χ0v) is 10.9. The van der Waals surface area contributed by atoms with Gasteiger partial charge in [-0.1, -0.05) is 13.8 Å². The Kier molecular flexibility index (Phi) is 4.32. The average Bonchev–Trinajstić information content (AvgIpc) is 2.78. The van der Waals surface area contributed by atoms with Crippen molar-refractivity contribution in [1.29, 1.82) is 0 Å². The van der Waals surface area contributed by atoms with Crippen molar-refractivity contribution in [3.05, 3.63) is 16.1 Å². The molecule has 1 fully saturated rings. The van der Waals surface area contributed by atoms with Gasteiger partial charge in [0.05, 0.1) is 12.3 Å². The number of hydrogen-bond acceptors (Lipinski definition) is 4. The maximum Gasteiger partial charge on any atom is 0.123 e. The molecule has 2 rings (SSSR count). The van der Waals surface area contributed by atoms with E-state index in [0.717, 1.165) is 31.1 Å². The fraction of sp³-hybridized carbons (Fsp3) is 0.750. The Morgan fingerprint density at radius 1 is 1.56 bits per heavy atom. The largest absolute Gasteiger partial charge is 0.368 e. The molecule has 90 valence electrons. The van der Waals surface area contributed by atoms with Crippen LogP contribution in [0, 0.1) is 0 Å². The molecule has 1 unspecified atom stereocenters. The molecule has 0 radical (unpaired) electrons. The summed E-state index contributed by atoms with van der Waals surface area (Å²) in [5.41, 5.74) is 1.19. The Labute approximate surface area is 101 Å². The first-order chi connectivity index (χ1) is 7.83. The third-order valence-corrected chi connectivity index (χ3v) is 3.88. The van der Waals surface area contributed by atoms with E-state index < -0.39 is 0 Å². The van der Waals surface area contributed by atoms with Gasteiger partial charge in [-0.05, 0) is 19.4 Å². The van der Waals surface area contributed by atoms with Crippen molar-refractivity contribution in [3.63, 3.8) is 0 Å². The zero-order chi connectivity index (χ0) is 11.4. The van der Waals surface area contributed by atoms with E-state index in [9.17, 15) is 0 Å². The van der Waals surface area contributed by atoms with Crippen molar-refractivity contribution in [2.24, 2.45) is 0 Å². The molecule has 0 bridgehead atoms. The lowest BCUT2D eigenvalue weighted by Crippen LogP contribution is -2.38. The number of morpholine rings is 1. The quantitative estimate of drug-likeness (QED) is 0.808. The Hall–Kier alpha value is -0.450. The molecule has 1 saturated heterocycles. The summed E-state index contributed by atoms with van der Waals surface area (Å²) in [7, 11) is 0. The lowest BCUT2D eigenvalue weighted by molar-refractivity contribution is -0.0299. The first-order valence-electron chi connectivity index (χ1n) is 6.11. The van der Waals surface area contributed by atoms with Crippen LogP contribution in [0.5, 0.6) is 0 Å². The van der Waals surface area contributed by atoms with Gasteiger partial charge in [-0.2, -0.15) is 0 Å². The number of rotatable bonds is 4. The summed E-state index contributed by atoms with van der Waals surface area (Å²) in [6.45, 7) is 8.45. The van der Waals surface area contributed by atoms with Crippen LogP contribution in [-0.2, 0) is 11.2 Å². The SMILES string of the molecule is CCCN1CCOC(c2nc(CC)cs2)C1. The van der Waals surface area contributed by atoms with Gasteiger partial charge in [-0.25, -0.2) is 4.98 Å². The number of aromatic nitrogens is 1. The monoisotopic (exact) mass is 240 g/mol. The highest BCUT2D eigenvalue weighted by Gasteiger charge is 2.23. The van der Waals surface area contributed by atoms with Gasteiger partial charge >= 0.3 is 0 Å². The van der Waals surface area contributed by atoms with Gasteiger partial charge in [0.15, 0.2) is 0 Å². The molecule has 0 aliphatic carbocycles. The molecular formula is C12H20N2OS. The van der Waals surface area contributed by atoms with Crippen molar-refractivity contribution in [3.8, 4) is 0 Å². The van der Waals surface area contributed by atoms with E-state index >= 15 is 0 Å². The van der Waals surface area contributed by atoms with Crippen molar-refractivity contribution >= 4 is 11.3 Å². The van der Waals surface area contributed by atoms with Crippen LogP contribution in [0.1, 0.15) is 37.1 Å². The van der Waals surface area contributed by atoms with Crippen LogP contribution in [0.4, 0.5) is 0 Å². The van der Waals surface area contributed by atoms with Crippen molar-refractivity contribution in [1.82, 2.24) is 9.88 Å². The van der Waals surface area contributed by atoms with Crippen LogP contribution in [0.15, 0.2) is 5.38 Å². The smallest absolute Gasteiger partial charge is 0.123 e. The molecule has 2 heterocycles. The fourth-order valence-electron chi connectivity index (χ4n) is 2.00. The predicted molar refractivity (Wildman–Crippen MR) is 66.9 cm³/mol. The van der Waals surface area contributed by atoms with Gasteiger partial charge in [0.1, 0.15) is 11.1 Å². The third-order valence-electron chi connectivity index (χ3n) is 2.90. The van der Waals surface area contributed by atoms with Crippen molar-refractivity contribution < 1.29 is 4.74 Å². The molecule has 16 heavy (non-hydrogen) atoms. The molecule has 3 nitrogen and oxygen atoms in total. The molecule has 0 amide bonds. The Morgan fingerprint density at radius 3 is 3.12 bits per heavy atom. The van der Waals surface area contributed by atoms with Gasteiger partial charge < -0.3 is 4.74 Å². The number of nitrogens with zero attached hydrogens (tertiary/aromatic N) is 2. The van der Waals surface area contributed by atoms with Gasteiger partial charge in [0, 0.05) is 18.5 Å². The molecule has 1 atom stereocenters. The minimum absolute atomic E-state index is 0.200. The van der Waals surface area contributed by atoms with E-state index in [1.807, 2.05) is 0 Å². The lowest BCUT2D eigenvalue weighted by atomic mass is 10.2. The second-order valence-corrected chi connectivity index (χ2v) is 5.08. The van der Waals surface area contributed by atoms with E-state index in [1.54, 1.807) is 11.3 Å².